The van der Waals surface area contributed by atoms with Gasteiger partial charge in [0.15, 0.2) is 0 Å². The van der Waals surface area contributed by atoms with Gasteiger partial charge in [-0.15, -0.1) is 0 Å². The summed E-state index contributed by atoms with van der Waals surface area (Å²) in [6, 6.07) is 0. The molecule has 0 rings (SSSR count). The van der Waals surface area contributed by atoms with E-state index in [4.69, 9.17) is 10.5 Å². The van der Waals surface area contributed by atoms with Crippen molar-refractivity contribution in [3.05, 3.63) is 0 Å². The van der Waals surface area contributed by atoms with Crippen LogP contribution in [0.25, 0.3) is 0 Å². The highest BCUT2D eigenvalue weighted by Crippen LogP contribution is 1.85. The van der Waals surface area contributed by atoms with Gasteiger partial charge in [0.05, 0.1) is 0 Å². The van der Waals surface area contributed by atoms with Crippen LogP contribution in [0.5, 0.6) is 0 Å². The molecule has 0 heterocycles. The Morgan fingerprint density at radius 3 is 2.12 bits per heavy atom. The average molecular weight is 118 g/mol. The molecule has 8 heavy (non-hydrogen) atoms. The zero-order valence-corrected chi connectivity index (χ0v) is 5.64. The van der Waals surface area contributed by atoms with E-state index in [1.54, 1.807) is 6.92 Å². The van der Waals surface area contributed by atoms with Crippen molar-refractivity contribution in [1.82, 2.24) is 5.32 Å². The first kappa shape index (κ1) is 7.88. The molecule has 50 valence electrons. The Balaban J connectivity index is 3.10. The Labute approximate surface area is 50.2 Å². The third-order valence-electron chi connectivity index (χ3n) is 0.825. The van der Waals surface area contributed by atoms with E-state index in [1.807, 2.05) is 14.0 Å². The van der Waals surface area contributed by atoms with E-state index in [9.17, 15) is 0 Å². The lowest BCUT2D eigenvalue weighted by Gasteiger charge is -2.13. The summed E-state index contributed by atoms with van der Waals surface area (Å²) in [6.07, 6.45) is -0.132. The molecule has 0 aromatic heterocycles. The van der Waals surface area contributed by atoms with Gasteiger partial charge in [-0.1, -0.05) is 0 Å². The second-order valence-electron chi connectivity index (χ2n) is 1.77. The highest BCUT2D eigenvalue weighted by Gasteiger charge is 1.98. The molecule has 0 aliphatic rings. The fourth-order valence-electron chi connectivity index (χ4n) is 0.390. The van der Waals surface area contributed by atoms with E-state index in [2.05, 4.69) is 5.32 Å². The first-order valence-corrected chi connectivity index (χ1v) is 2.75. The van der Waals surface area contributed by atoms with Crippen LogP contribution in [0, 0.1) is 0 Å². The van der Waals surface area contributed by atoms with Crippen molar-refractivity contribution in [2.45, 2.75) is 26.3 Å². The largest absolute Gasteiger partial charge is 0.346 e. The van der Waals surface area contributed by atoms with Gasteiger partial charge in [0.2, 0.25) is 0 Å². The molecule has 0 bridgehead atoms. The molecule has 0 spiro atoms. The lowest BCUT2D eigenvalue weighted by atomic mass is 10.6. The van der Waals surface area contributed by atoms with Crippen molar-refractivity contribution in [3.63, 3.8) is 0 Å². The molecule has 3 N–H and O–H groups in total. The van der Waals surface area contributed by atoms with Gasteiger partial charge in [0, 0.05) is 0 Å². The molecule has 0 saturated heterocycles. The highest BCUT2D eigenvalue weighted by molar-refractivity contribution is 4.41. The summed E-state index contributed by atoms with van der Waals surface area (Å²) in [4.78, 5) is 0. The van der Waals surface area contributed by atoms with E-state index in [-0.39, 0.29) is 12.5 Å². The number of hydrogen-bond donors (Lipinski definition) is 2. The smallest absolute Gasteiger partial charge is 0.107 e. The average Bonchev–Trinajstić information content (AvgIpc) is 1.65. The monoisotopic (exact) mass is 118 g/mol. The van der Waals surface area contributed by atoms with Gasteiger partial charge in [-0.3, -0.25) is 5.32 Å². The third kappa shape index (κ3) is 4.05. The van der Waals surface area contributed by atoms with Crippen LogP contribution >= 0.6 is 0 Å². The van der Waals surface area contributed by atoms with Crippen molar-refractivity contribution in [2.75, 3.05) is 7.05 Å². The van der Waals surface area contributed by atoms with Gasteiger partial charge in [-0.25, -0.2) is 0 Å². The molecule has 2 atom stereocenters. The van der Waals surface area contributed by atoms with E-state index in [1.165, 1.54) is 0 Å². The molecule has 0 radical (unpaired) electrons. The van der Waals surface area contributed by atoms with Crippen molar-refractivity contribution >= 4 is 0 Å². The topological polar surface area (TPSA) is 47.3 Å². The summed E-state index contributed by atoms with van der Waals surface area (Å²) in [7, 11) is 1.83. The molecular formula is C5H14N2O. The Morgan fingerprint density at radius 2 is 2.00 bits per heavy atom. The standard InChI is InChI=1S/C5H14N2O/c1-4(6)8-5(2)7-3/h4-5,7H,6H2,1-3H3. The van der Waals surface area contributed by atoms with Crippen molar-refractivity contribution in [2.24, 2.45) is 5.73 Å². The zero-order valence-electron chi connectivity index (χ0n) is 5.64. The molecule has 0 saturated carbocycles. The molecule has 3 heteroatoms. The van der Waals surface area contributed by atoms with Crippen LogP contribution < -0.4 is 11.1 Å². The number of hydrogen-bond acceptors (Lipinski definition) is 3. The maximum Gasteiger partial charge on any atom is 0.107 e. The number of rotatable bonds is 3. The maximum absolute atomic E-state index is 5.31. The molecule has 0 fully saturated rings. The zero-order chi connectivity index (χ0) is 6.57. The van der Waals surface area contributed by atoms with E-state index < -0.39 is 0 Å². The maximum atomic E-state index is 5.31. The van der Waals surface area contributed by atoms with Gasteiger partial charge in [-0.2, -0.15) is 0 Å². The minimum absolute atomic E-state index is 0.0509. The van der Waals surface area contributed by atoms with Crippen molar-refractivity contribution in [1.29, 1.82) is 0 Å². The van der Waals surface area contributed by atoms with Gasteiger partial charge >= 0.3 is 0 Å². The second-order valence-corrected chi connectivity index (χ2v) is 1.77. The molecule has 0 aromatic rings. The molecule has 3 nitrogen and oxygen atoms in total. The van der Waals surface area contributed by atoms with Crippen molar-refractivity contribution < 1.29 is 4.74 Å². The van der Waals surface area contributed by atoms with Crippen LogP contribution in [-0.4, -0.2) is 19.5 Å². The van der Waals surface area contributed by atoms with E-state index in [0.717, 1.165) is 0 Å². The minimum atomic E-state index is -0.183. The number of ether oxygens (including phenoxy) is 1. The van der Waals surface area contributed by atoms with Crippen LogP contribution in [0.1, 0.15) is 13.8 Å². The molecule has 2 unspecified atom stereocenters. The van der Waals surface area contributed by atoms with Crippen LogP contribution in [0.3, 0.4) is 0 Å². The predicted octanol–water partition coefficient (Wildman–Crippen LogP) is -0.127. The fraction of sp³-hybridized carbons (Fsp3) is 1.00. The molecule has 0 amide bonds. The van der Waals surface area contributed by atoms with Crippen LogP contribution in [0.4, 0.5) is 0 Å². The number of nitrogens with one attached hydrogen (secondary N) is 1. The van der Waals surface area contributed by atoms with Gasteiger partial charge in [0.25, 0.3) is 0 Å². The van der Waals surface area contributed by atoms with E-state index >= 15 is 0 Å². The first-order chi connectivity index (χ1) is 3.66. The Kier molecular flexibility index (Phi) is 3.77. The predicted molar refractivity (Wildman–Crippen MR) is 33.3 cm³/mol. The number of nitrogens with two attached hydrogens (primary N) is 1. The fourth-order valence-corrected chi connectivity index (χ4v) is 0.390. The lowest BCUT2D eigenvalue weighted by Crippen LogP contribution is -2.32. The summed E-state index contributed by atoms with van der Waals surface area (Å²) >= 11 is 0. The quantitative estimate of drug-likeness (QED) is 0.508. The summed E-state index contributed by atoms with van der Waals surface area (Å²) in [5.74, 6) is 0. The Hall–Kier alpha value is -0.120. The third-order valence-corrected chi connectivity index (χ3v) is 0.825. The molecule has 0 aliphatic heterocycles. The highest BCUT2D eigenvalue weighted by atomic mass is 16.5. The summed E-state index contributed by atoms with van der Waals surface area (Å²) < 4.78 is 5.07. The second kappa shape index (κ2) is 3.83. The lowest BCUT2D eigenvalue weighted by molar-refractivity contribution is -0.00234. The Bertz CT molecular complexity index is 56.4. The minimum Gasteiger partial charge on any atom is -0.346 e. The van der Waals surface area contributed by atoms with E-state index in [0.29, 0.717) is 0 Å². The first-order valence-electron chi connectivity index (χ1n) is 2.75. The summed E-state index contributed by atoms with van der Waals surface area (Å²) in [5.41, 5.74) is 5.31. The molecule has 0 aliphatic carbocycles. The van der Waals surface area contributed by atoms with Crippen LogP contribution in [0.2, 0.25) is 0 Å². The molecular weight excluding hydrogens is 104 g/mol. The summed E-state index contributed by atoms with van der Waals surface area (Å²) in [5, 5.41) is 2.89. The van der Waals surface area contributed by atoms with Gasteiger partial charge in [-0.05, 0) is 20.9 Å². The van der Waals surface area contributed by atoms with Gasteiger partial charge < -0.3 is 10.5 Å². The Morgan fingerprint density at radius 1 is 1.50 bits per heavy atom. The molecule has 0 aromatic carbocycles. The summed E-state index contributed by atoms with van der Waals surface area (Å²) in [6.45, 7) is 3.71. The van der Waals surface area contributed by atoms with Crippen LogP contribution in [0.15, 0.2) is 0 Å². The normalized spacial score (nSPS) is 18.0. The van der Waals surface area contributed by atoms with Gasteiger partial charge in [0.1, 0.15) is 12.5 Å². The van der Waals surface area contributed by atoms with Crippen LogP contribution in [-0.2, 0) is 4.74 Å². The van der Waals surface area contributed by atoms with Crippen molar-refractivity contribution in [3.8, 4) is 0 Å². The SMILES string of the molecule is CNC(C)OC(C)N.